The molecular weight excluding hydrogens is 1300 g/mol. The number of likely N-dealkylation sites (N-methyl/N-ethyl adjacent to an activating group) is 1. The van der Waals surface area contributed by atoms with E-state index in [1.165, 1.54) is 16.7 Å². The molecule has 0 saturated heterocycles. The number of hydrogen-bond acceptors (Lipinski definition) is 3. The Hall–Kier alpha value is 5.56. The van der Waals surface area contributed by atoms with Gasteiger partial charge in [0.1, 0.15) is 12.4 Å². The Balaban J connectivity index is 0.00000382. The largest absolute Gasteiger partial charge is 0.492 e. The van der Waals surface area contributed by atoms with E-state index >= 15 is 0 Å². The van der Waals surface area contributed by atoms with Gasteiger partial charge in [0, 0.05) is 741 Å². The lowest BCUT2D eigenvalue weighted by molar-refractivity contribution is 0.261. The maximum atomic E-state index is 7.26. The average Bonchev–Trinajstić information content (AvgIpc) is 0.711. The Morgan fingerprint density at radius 1 is 0.220 bits per heavy atom. The van der Waals surface area contributed by atoms with E-state index in [-0.39, 0.29) is 0 Å². The lowest BCUT2D eigenvalue weighted by Gasteiger charge is -2.63. The van der Waals surface area contributed by atoms with Gasteiger partial charge in [0.05, 0.1) is 0 Å². The first-order chi connectivity index (χ1) is 54.0. The predicted molar refractivity (Wildman–Crippen MR) is 653 cm³/mol. The van der Waals surface area contributed by atoms with E-state index in [1.807, 2.05) is 0 Å². The smallest absolute Gasteiger partial charge is 0.119 e. The van der Waals surface area contributed by atoms with Crippen molar-refractivity contribution < 1.29 is 4.74 Å². The van der Waals surface area contributed by atoms with Crippen LogP contribution in [0.2, 0.25) is 0 Å². The third kappa shape index (κ3) is 33.5. The molecule has 3 nitrogen and oxygen atoms in total. The van der Waals surface area contributed by atoms with Crippen molar-refractivity contribution in [2.45, 2.75) is 20.0 Å². The van der Waals surface area contributed by atoms with Gasteiger partial charge >= 0.3 is 0 Å². The van der Waals surface area contributed by atoms with E-state index in [9.17, 15) is 0 Å². The van der Waals surface area contributed by atoms with Crippen LogP contribution >= 0.6 is 0 Å². The standard InChI is InChI=1S/C13H20N2O.B102/c1-10-6-12(16-5-4-15(2)3)7-11-8-14-9-13(10)11;1-53(2)79(54(3)4)92(80(55(5)6)56(7)8)98(91(77(49)50)78(51)52)101(97(89(73(41)42)74(43)44)90(75(45)46)76(47)48)102(99(93(81(57(9)10)58(11)12)82(59(13)14)60(15)16)94(83(61(17)18)62(19)20)84(63(21)22)64(23)24)100(95(85(65(25)26)66(27)28)86(67(29)30)68(31)32)96(87(69(33)34)70(35)36)88(71(37)38)72(39)40/h6-7,14H,4-5,8-9H2,1-3H3;. The maximum absolute atomic E-state index is 7.26. The predicted octanol–water partition coefficient (Wildman–Crippen LogP) is -37.3. The Bertz CT molecular complexity index is 2420. The van der Waals surface area contributed by atoms with E-state index < -0.39 is 319 Å². The molecule has 0 spiro atoms. The van der Waals surface area contributed by atoms with E-state index in [2.05, 4.69) is 43.4 Å². The highest BCUT2D eigenvalue weighted by atomic mass is 16.5. The Morgan fingerprint density at radius 3 is 0.492 bits per heavy atom. The van der Waals surface area contributed by atoms with Crippen molar-refractivity contribution in [3.63, 3.8) is 0 Å². The molecule has 1 aromatic rings. The third-order valence-corrected chi connectivity index (χ3v) is 24.7. The van der Waals surface area contributed by atoms with Crippen LogP contribution in [0.25, 0.3) is 0 Å². The molecule has 0 aromatic heterocycles. The zero-order valence-corrected chi connectivity index (χ0v) is 69.2. The molecule has 1 aromatic carbocycles. The molecule has 394 valence electrons. The summed E-state index contributed by atoms with van der Waals surface area (Å²) in [5, 5.41) is 3.37. The van der Waals surface area contributed by atoms with Gasteiger partial charge in [-0.25, -0.2) is 0 Å². The van der Waals surface area contributed by atoms with Crippen LogP contribution in [0.4, 0.5) is 0 Å². The summed E-state index contributed by atoms with van der Waals surface area (Å²) in [5.41, 5.74) is 4.17. The first kappa shape index (κ1) is 122. The lowest BCUT2D eigenvalue weighted by atomic mass is 8.18. The van der Waals surface area contributed by atoms with Crippen LogP contribution in [0.1, 0.15) is 16.7 Å². The van der Waals surface area contributed by atoms with Gasteiger partial charge in [-0.3, -0.25) is 0 Å². The summed E-state index contributed by atoms with van der Waals surface area (Å²) >= 11 is 0. The normalized spacial score (nSPS) is 10.4. The zero-order chi connectivity index (χ0) is 92.4. The van der Waals surface area contributed by atoms with Crippen LogP contribution in [-0.4, -0.2) is 754 Å². The molecule has 118 heavy (non-hydrogen) atoms. The fraction of sp³-hybridized carbons (Fsp3) is 0.538. The number of hydrogen-bond donors (Lipinski definition) is 1. The molecule has 2 rings (SSSR count). The molecule has 0 bridgehead atoms. The maximum Gasteiger partial charge on any atom is 0.119 e. The van der Waals surface area contributed by atoms with Crippen molar-refractivity contribution in [2.24, 2.45) is 0 Å². The van der Waals surface area contributed by atoms with Gasteiger partial charge in [-0.2, -0.15) is 0 Å². The van der Waals surface area contributed by atoms with Gasteiger partial charge < -0.3 is 15.0 Å². The Labute approximate surface area is 810 Å². The number of nitrogens with one attached hydrogen (secondary N) is 1. The van der Waals surface area contributed by atoms with Crippen molar-refractivity contribution in [2.75, 3.05) is 27.2 Å². The van der Waals surface area contributed by atoms with Gasteiger partial charge in [0.15, 0.2) is 0 Å². The number of ether oxygens (including phenoxy) is 1. The quantitative estimate of drug-likeness (QED) is 0.0658. The number of nitrogens with zero attached hydrogens (tertiary/aromatic N) is 1. The van der Waals surface area contributed by atoms with Gasteiger partial charge in [-0.1, -0.05) is 0 Å². The molecule has 1 N–H and O–H groups in total. The number of benzene rings is 1. The molecule has 1 aliphatic rings. The summed E-state index contributed by atoms with van der Waals surface area (Å²) in [6.45, 7) is 5.83. The van der Waals surface area contributed by atoms with Crippen LogP contribution in [0, 0.1) is 6.92 Å². The third-order valence-electron chi connectivity index (χ3n) is 24.7. The zero-order valence-electron chi connectivity index (χ0n) is 69.2. The number of aryl methyl sites for hydroxylation is 1. The van der Waals surface area contributed by atoms with Crippen LogP contribution in [-0.2, 0) is 13.1 Å². The highest BCUT2D eigenvalue weighted by Gasteiger charge is 2.69. The second-order valence-corrected chi connectivity index (χ2v) is 33.5. The van der Waals surface area contributed by atoms with Crippen LogP contribution in [0.5, 0.6) is 5.75 Å². The minimum absolute atomic E-state index is 0.749. The van der Waals surface area contributed by atoms with Gasteiger partial charge in [-0.05, 0) is 49.8 Å². The highest BCUT2D eigenvalue weighted by molar-refractivity contribution is 8.44. The Kier molecular flexibility index (Phi) is 58.5. The van der Waals surface area contributed by atoms with Crippen molar-refractivity contribution >= 4 is 722 Å². The van der Waals surface area contributed by atoms with Crippen LogP contribution in [0.15, 0.2) is 12.1 Å². The second-order valence-electron chi connectivity index (χ2n) is 33.5. The summed E-state index contributed by atoms with van der Waals surface area (Å²) < 4.78 is 5.75. The Morgan fingerprint density at radius 2 is 0.356 bits per heavy atom. The first-order valence-corrected chi connectivity index (χ1v) is 39.4. The molecule has 0 saturated carbocycles. The molecule has 1 heterocycles. The molecule has 0 amide bonds. The summed E-state index contributed by atoms with van der Waals surface area (Å²) in [4.78, 5) is 2.13. The minimum atomic E-state index is -2.36. The fourth-order valence-electron chi connectivity index (χ4n) is 20.5. The minimum Gasteiger partial charge on any atom is -0.492 e. The van der Waals surface area contributed by atoms with Crippen LogP contribution < -0.4 is 10.1 Å². The monoisotopic (exact) mass is 1340 g/mol. The van der Waals surface area contributed by atoms with Crippen molar-refractivity contribution in [1.29, 1.82) is 0 Å². The first-order valence-electron chi connectivity index (χ1n) is 39.4. The molecule has 0 unspecified atom stereocenters. The average molecular weight is 1320 g/mol. The van der Waals surface area contributed by atoms with Crippen LogP contribution in [0.3, 0.4) is 0 Å². The SMILES string of the molecule is Cc1cc(OCCN(C)C)cc2c1CNC2.[B]B([B])B(B([B])[B])B(B(B([B])[B])B([B])[B])B(B(B([B])[B])B([B])[B])B(B(B(B([B])[B])B([B])[B])B(B([B])[B])B([B])[B])B(B(B(B(B([B])[B])B([B])[B])B(B([B])[B])B([B])[B])B(B(B([B])[B])B([B])[B])B(B([B])[B])B([B])[B])B(B(B(B([B])[B])B([B])[B])B(B([B])[B])B([B])[B])B(B(B([B])[B])B([B])[B])B(B([B])[B])B([B])[B]. The molecule has 0 atom stereocenters. The van der Waals surface area contributed by atoms with Crippen molar-refractivity contribution in [3.8, 4) is 5.75 Å². The fourth-order valence-corrected chi connectivity index (χ4v) is 20.5. The van der Waals surface area contributed by atoms with Crippen molar-refractivity contribution in [1.82, 2.24) is 10.2 Å². The summed E-state index contributed by atoms with van der Waals surface area (Å²) in [6.07, 6.45) is -96.3. The molecule has 0 aliphatic carbocycles. The van der Waals surface area contributed by atoms with E-state index in [0.717, 1.165) is 32.0 Å². The molecular formula is C13H20B102N2O. The van der Waals surface area contributed by atoms with E-state index in [0.29, 0.717) is 0 Å². The summed E-state index contributed by atoms with van der Waals surface area (Å²) in [5.74, 6) is 1.00. The summed E-state index contributed by atoms with van der Waals surface area (Å²) in [7, 11) is 375. The topological polar surface area (TPSA) is 24.5 Å². The molecule has 0 fully saturated rings. The molecule has 1 aliphatic heterocycles. The number of fused-ring (bicyclic) bond motifs is 1. The van der Waals surface area contributed by atoms with E-state index in [1.54, 1.807) is 0 Å². The van der Waals surface area contributed by atoms with Crippen molar-refractivity contribution in [3.05, 3.63) is 28.8 Å². The van der Waals surface area contributed by atoms with Gasteiger partial charge in [0.2, 0.25) is 0 Å². The lowest BCUT2D eigenvalue weighted by Crippen LogP contribution is -3.01. The number of rotatable bonds is 53. The van der Waals surface area contributed by atoms with Gasteiger partial charge in [-0.15, -0.1) is 0 Å². The molecule has 104 radical (unpaired) electrons. The van der Waals surface area contributed by atoms with E-state index in [4.69, 9.17) is 407 Å². The van der Waals surface area contributed by atoms with Gasteiger partial charge in [0.25, 0.3) is 0 Å². The summed E-state index contributed by atoms with van der Waals surface area (Å²) in [6, 6.07) is 4.31. The highest BCUT2D eigenvalue weighted by Crippen LogP contribution is 2.32. The molecule has 105 heteroatoms. The second kappa shape index (κ2) is 56.8.